The van der Waals surface area contributed by atoms with Crippen molar-refractivity contribution in [1.29, 1.82) is 0 Å². The minimum absolute atomic E-state index is 0.164. The molecule has 0 aromatic carbocycles. The van der Waals surface area contributed by atoms with Crippen LogP contribution in [0.1, 0.15) is 37.6 Å². The van der Waals surface area contributed by atoms with E-state index in [1.54, 1.807) is 0 Å². The highest BCUT2D eigenvalue weighted by Crippen LogP contribution is 2.11. The minimum Gasteiger partial charge on any atom is -0.382 e. The maximum atomic E-state index is 5.92. The molecule has 0 amide bonds. The lowest BCUT2D eigenvalue weighted by molar-refractivity contribution is 0.583. The highest BCUT2D eigenvalue weighted by Gasteiger charge is 2.11. The quantitative estimate of drug-likeness (QED) is 0.564. The molecule has 0 bridgehead atoms. The lowest BCUT2D eigenvalue weighted by Gasteiger charge is -2.14. The van der Waals surface area contributed by atoms with Gasteiger partial charge in [-0.1, -0.05) is 6.07 Å². The summed E-state index contributed by atoms with van der Waals surface area (Å²) in [6, 6.07) is 2.06. The zero-order valence-electron chi connectivity index (χ0n) is 10.1. The number of amidine groups is 1. The number of aryl methyl sites for hydroxylation is 2. The number of aliphatic imine (C=N–C) groups is 1. The van der Waals surface area contributed by atoms with Crippen LogP contribution in [0.3, 0.4) is 0 Å². The molecule has 0 atom stereocenters. The van der Waals surface area contributed by atoms with Crippen LogP contribution in [0.25, 0.3) is 0 Å². The van der Waals surface area contributed by atoms with Crippen LogP contribution in [0.5, 0.6) is 0 Å². The van der Waals surface area contributed by atoms with Crippen LogP contribution in [0, 0.1) is 13.8 Å². The van der Waals surface area contributed by atoms with Gasteiger partial charge in [-0.3, -0.25) is 9.98 Å². The number of hydrogen-bond donors (Lipinski definition) is 1. The molecular formula is C12H19N3. The van der Waals surface area contributed by atoms with Crippen LogP contribution in [0.4, 0.5) is 0 Å². The van der Waals surface area contributed by atoms with E-state index in [0.29, 0.717) is 5.84 Å². The van der Waals surface area contributed by atoms with Crippen molar-refractivity contribution in [2.75, 3.05) is 0 Å². The van der Waals surface area contributed by atoms with Gasteiger partial charge in [0.2, 0.25) is 0 Å². The smallest absolute Gasteiger partial charge is 0.145 e. The topological polar surface area (TPSA) is 51.3 Å². The second kappa shape index (κ2) is 4.01. The van der Waals surface area contributed by atoms with Gasteiger partial charge >= 0.3 is 0 Å². The molecular weight excluding hydrogens is 186 g/mol. The molecule has 0 aliphatic carbocycles. The third-order valence-electron chi connectivity index (χ3n) is 1.91. The monoisotopic (exact) mass is 205 g/mol. The van der Waals surface area contributed by atoms with E-state index in [-0.39, 0.29) is 5.54 Å². The Kier molecular flexibility index (Phi) is 3.12. The van der Waals surface area contributed by atoms with Crippen molar-refractivity contribution in [1.82, 2.24) is 4.98 Å². The Bertz CT molecular complexity index is 386. The van der Waals surface area contributed by atoms with Crippen LogP contribution in [-0.4, -0.2) is 16.4 Å². The molecule has 1 aromatic heterocycles. The molecule has 82 valence electrons. The number of pyridine rings is 1. The van der Waals surface area contributed by atoms with E-state index in [4.69, 9.17) is 5.73 Å². The Morgan fingerprint density at radius 1 is 1.33 bits per heavy atom. The van der Waals surface area contributed by atoms with E-state index >= 15 is 0 Å². The standard InChI is InChI=1S/C12H19N3/c1-8-6-9(2)10(14-7-8)11(13)15-12(3,4)5/h6-7H,1-5H3,(H2,13,15). The van der Waals surface area contributed by atoms with E-state index in [9.17, 15) is 0 Å². The molecule has 15 heavy (non-hydrogen) atoms. The molecule has 3 heteroatoms. The third-order valence-corrected chi connectivity index (χ3v) is 1.91. The maximum absolute atomic E-state index is 5.92. The fourth-order valence-electron chi connectivity index (χ4n) is 1.40. The largest absolute Gasteiger partial charge is 0.382 e. The Morgan fingerprint density at radius 2 is 1.93 bits per heavy atom. The molecule has 3 nitrogen and oxygen atoms in total. The molecule has 0 radical (unpaired) electrons. The van der Waals surface area contributed by atoms with Crippen LogP contribution in [-0.2, 0) is 0 Å². The molecule has 0 spiro atoms. The molecule has 1 aromatic rings. The molecule has 1 heterocycles. The van der Waals surface area contributed by atoms with E-state index in [0.717, 1.165) is 16.8 Å². The zero-order valence-corrected chi connectivity index (χ0v) is 10.1. The van der Waals surface area contributed by atoms with Gasteiger partial charge in [0.05, 0.1) is 5.54 Å². The summed E-state index contributed by atoms with van der Waals surface area (Å²) in [7, 11) is 0. The van der Waals surface area contributed by atoms with Gasteiger partial charge in [-0.2, -0.15) is 0 Å². The first kappa shape index (κ1) is 11.7. The molecule has 0 saturated carbocycles. The number of hydrogen-bond acceptors (Lipinski definition) is 2. The summed E-state index contributed by atoms with van der Waals surface area (Å²) in [5.41, 5.74) is 8.75. The van der Waals surface area contributed by atoms with Crippen molar-refractivity contribution >= 4 is 5.84 Å². The third kappa shape index (κ3) is 3.35. The van der Waals surface area contributed by atoms with Crippen LogP contribution in [0.2, 0.25) is 0 Å². The van der Waals surface area contributed by atoms with Crippen LogP contribution < -0.4 is 5.73 Å². The van der Waals surface area contributed by atoms with Crippen LogP contribution >= 0.6 is 0 Å². The first-order chi connectivity index (χ1) is 6.79. The zero-order chi connectivity index (χ0) is 11.6. The second-order valence-corrected chi connectivity index (χ2v) is 4.85. The minimum atomic E-state index is -0.164. The summed E-state index contributed by atoms with van der Waals surface area (Å²) in [5.74, 6) is 0.514. The number of nitrogens with two attached hydrogens (primary N) is 1. The Morgan fingerprint density at radius 3 is 2.40 bits per heavy atom. The Labute approximate surface area is 91.4 Å². The van der Waals surface area contributed by atoms with Crippen molar-refractivity contribution < 1.29 is 0 Å². The molecule has 2 N–H and O–H groups in total. The van der Waals surface area contributed by atoms with Crippen molar-refractivity contribution in [3.05, 3.63) is 29.1 Å². The first-order valence-electron chi connectivity index (χ1n) is 5.08. The molecule has 0 unspecified atom stereocenters. The van der Waals surface area contributed by atoms with Gasteiger partial charge in [-0.05, 0) is 45.7 Å². The van der Waals surface area contributed by atoms with Gasteiger partial charge in [0.15, 0.2) is 0 Å². The molecule has 0 saturated heterocycles. The van der Waals surface area contributed by atoms with Gasteiger partial charge in [-0.25, -0.2) is 0 Å². The summed E-state index contributed by atoms with van der Waals surface area (Å²) in [6.45, 7) is 10.1. The maximum Gasteiger partial charge on any atom is 0.145 e. The predicted molar refractivity (Wildman–Crippen MR) is 64.2 cm³/mol. The highest BCUT2D eigenvalue weighted by molar-refractivity contribution is 5.97. The number of rotatable bonds is 1. The molecule has 0 aliphatic rings. The SMILES string of the molecule is Cc1cnc(C(N)=NC(C)(C)C)c(C)c1. The summed E-state index contributed by atoms with van der Waals surface area (Å²) in [4.78, 5) is 8.71. The van der Waals surface area contributed by atoms with Gasteiger partial charge < -0.3 is 5.73 Å². The second-order valence-electron chi connectivity index (χ2n) is 4.85. The lowest BCUT2D eigenvalue weighted by atomic mass is 10.1. The van der Waals surface area contributed by atoms with Crippen molar-refractivity contribution in [2.24, 2.45) is 10.7 Å². The van der Waals surface area contributed by atoms with E-state index < -0.39 is 0 Å². The Balaban J connectivity index is 3.12. The normalized spacial score (nSPS) is 13.0. The summed E-state index contributed by atoms with van der Waals surface area (Å²) in [5, 5.41) is 0. The van der Waals surface area contributed by atoms with Gasteiger partial charge in [0.1, 0.15) is 11.5 Å². The van der Waals surface area contributed by atoms with E-state index in [1.807, 2.05) is 40.8 Å². The average Bonchev–Trinajstić information content (AvgIpc) is 1.99. The summed E-state index contributed by atoms with van der Waals surface area (Å²) in [6.07, 6.45) is 1.81. The van der Waals surface area contributed by atoms with E-state index in [1.165, 1.54) is 0 Å². The van der Waals surface area contributed by atoms with Crippen molar-refractivity contribution in [3.8, 4) is 0 Å². The Hall–Kier alpha value is -1.38. The summed E-state index contributed by atoms with van der Waals surface area (Å²) >= 11 is 0. The lowest BCUT2D eigenvalue weighted by Crippen LogP contribution is -2.23. The number of nitrogens with zero attached hydrogens (tertiary/aromatic N) is 2. The molecule has 0 aliphatic heterocycles. The van der Waals surface area contributed by atoms with Crippen LogP contribution in [0.15, 0.2) is 17.3 Å². The van der Waals surface area contributed by atoms with Gasteiger partial charge in [-0.15, -0.1) is 0 Å². The summed E-state index contributed by atoms with van der Waals surface area (Å²) < 4.78 is 0. The fourth-order valence-corrected chi connectivity index (χ4v) is 1.40. The molecule has 1 rings (SSSR count). The highest BCUT2D eigenvalue weighted by atomic mass is 14.9. The van der Waals surface area contributed by atoms with Gasteiger partial charge in [0, 0.05) is 6.20 Å². The fraction of sp³-hybridized carbons (Fsp3) is 0.500. The average molecular weight is 205 g/mol. The number of aromatic nitrogens is 1. The van der Waals surface area contributed by atoms with Crippen molar-refractivity contribution in [3.63, 3.8) is 0 Å². The first-order valence-corrected chi connectivity index (χ1v) is 5.08. The van der Waals surface area contributed by atoms with E-state index in [2.05, 4.69) is 16.0 Å². The molecule has 0 fully saturated rings. The predicted octanol–water partition coefficient (Wildman–Crippen LogP) is 2.20. The van der Waals surface area contributed by atoms with Crippen molar-refractivity contribution in [2.45, 2.75) is 40.2 Å². The van der Waals surface area contributed by atoms with Gasteiger partial charge in [0.25, 0.3) is 0 Å².